The molecule has 0 aliphatic carbocycles. The number of aliphatic hydroxyl groups excluding tert-OH is 2. The zero-order valence-corrected chi connectivity index (χ0v) is 41.1. The molecule has 8 atom stereocenters. The average molecular weight is 985 g/mol. The molecule has 2 aromatic carbocycles. The minimum atomic E-state index is -3.20. The fourth-order valence-electron chi connectivity index (χ4n) is 9.92. The van der Waals surface area contributed by atoms with Crippen molar-refractivity contribution in [3.8, 4) is 28.3 Å². The molecule has 0 saturated carbocycles. The second kappa shape index (κ2) is 20.7. The zero-order valence-electron chi connectivity index (χ0n) is 41.1. The van der Waals surface area contributed by atoms with Crippen molar-refractivity contribution in [2.75, 3.05) is 27.3 Å². The fraction of sp³-hybridized carbons (Fsp3) is 0.560. The molecule has 20 heteroatoms. The Kier molecular flexibility index (Phi) is 15.5. The van der Waals surface area contributed by atoms with Crippen LogP contribution in [0, 0.1) is 36.4 Å². The Labute approximate surface area is 404 Å². The number of carbonyl (C=O) groups excluding carboxylic acids is 2. The standard InChI is InChI=1S/C50H65F5N8O7/c1-24(2)40(60-47(66)68-9)45(64)62-22-49(52,53)18-37(62)43-56-20-35(58-43)29-12-11-27(7)30(14-29)15-31-13-28(8)42(26(5)6)70-39-17-33(34(51)16-32(31)39)36-21-57-44(59-36)38-19-50(54,55)23-63(38)46(65)41(25(3)4)61-48(67)69-10/h11-12,14-17,20-21,24-26,28,37-38,40-42,46-47,60,65-66H,13,18-19,22-23H2,1-10H3,(H,56,58)(H,57,59)(H,61,67)/b31-15+/t28-,37-,38?,40-,41-,42?,46?,47?/m0/s1. The van der Waals surface area contributed by atoms with Crippen molar-refractivity contribution in [3.63, 3.8) is 0 Å². The van der Waals surface area contributed by atoms with Gasteiger partial charge in [0, 0.05) is 36.6 Å². The molecule has 3 aliphatic heterocycles. The van der Waals surface area contributed by atoms with E-state index in [0.717, 1.165) is 28.7 Å². The first-order valence-corrected chi connectivity index (χ1v) is 23.6. The van der Waals surface area contributed by atoms with Crippen LogP contribution in [0.2, 0.25) is 0 Å². The molecule has 2 saturated heterocycles. The van der Waals surface area contributed by atoms with Crippen molar-refractivity contribution < 1.29 is 56.0 Å². The zero-order chi connectivity index (χ0) is 51.1. The molecule has 4 unspecified atom stereocenters. The SMILES string of the molecule is COC(=O)N[C@@H](C(C)C)C(O)N1CC(F)(F)CC1c1ncc(-c2cc3c(cc2F)/C(=C/c2cc(-c4cnc([C@@H]5CC(F)(F)CN5C(=O)[C@@H](NC(O)OC)C(C)C)[nH]4)ccc2C)C[C@H](C)C(C(C)C)O3)[nH]1. The van der Waals surface area contributed by atoms with E-state index in [4.69, 9.17) is 14.2 Å². The highest BCUT2D eigenvalue weighted by molar-refractivity contribution is 5.87. The first-order valence-electron chi connectivity index (χ1n) is 23.6. The predicted molar refractivity (Wildman–Crippen MR) is 252 cm³/mol. The third-order valence-electron chi connectivity index (χ3n) is 13.7. The van der Waals surface area contributed by atoms with E-state index in [1.54, 1.807) is 33.8 Å². The van der Waals surface area contributed by atoms with Crippen LogP contribution in [0.1, 0.15) is 108 Å². The summed E-state index contributed by atoms with van der Waals surface area (Å²) in [5.41, 5.74) is 4.51. The number of nitrogens with one attached hydrogen (secondary N) is 4. The number of carbonyl (C=O) groups is 2. The van der Waals surface area contributed by atoms with E-state index in [9.17, 15) is 19.8 Å². The number of allylic oxidation sites excluding steroid dienone is 1. The number of hydrogen-bond donors (Lipinski definition) is 6. The van der Waals surface area contributed by atoms with Gasteiger partial charge in [0.05, 0.1) is 68.1 Å². The Morgan fingerprint density at radius 2 is 1.54 bits per heavy atom. The molecule has 2 aromatic heterocycles. The lowest BCUT2D eigenvalue weighted by Gasteiger charge is -2.35. The maximum atomic E-state index is 16.6. The van der Waals surface area contributed by atoms with Crippen LogP contribution >= 0.6 is 0 Å². The monoisotopic (exact) mass is 984 g/mol. The highest BCUT2D eigenvalue weighted by Gasteiger charge is 2.52. The number of nitrogens with zero attached hydrogens (tertiary/aromatic N) is 4. The van der Waals surface area contributed by atoms with Crippen molar-refractivity contribution >= 4 is 23.6 Å². The number of fused-ring (bicyclic) bond motifs is 1. The summed E-state index contributed by atoms with van der Waals surface area (Å²) in [6.07, 6.45) is -0.0431. The Hall–Kier alpha value is -5.41. The number of amides is 2. The van der Waals surface area contributed by atoms with Gasteiger partial charge in [-0.15, -0.1) is 0 Å². The number of benzene rings is 2. The molecule has 0 bridgehead atoms. The van der Waals surface area contributed by atoms with Gasteiger partial charge >= 0.3 is 6.09 Å². The second-order valence-corrected chi connectivity index (χ2v) is 20.0. The molecule has 70 heavy (non-hydrogen) atoms. The number of aromatic nitrogens is 4. The minimum absolute atomic E-state index is 0.0224. The minimum Gasteiger partial charge on any atom is -0.489 e. The highest BCUT2D eigenvalue weighted by Crippen LogP contribution is 2.46. The Bertz CT molecular complexity index is 2550. The highest BCUT2D eigenvalue weighted by atomic mass is 19.3. The van der Waals surface area contributed by atoms with E-state index >= 15 is 22.0 Å². The van der Waals surface area contributed by atoms with Crippen LogP contribution in [-0.4, -0.2) is 122 Å². The second-order valence-electron chi connectivity index (χ2n) is 20.0. The summed E-state index contributed by atoms with van der Waals surface area (Å²) in [5.74, 6) is -7.65. The first kappa shape index (κ1) is 52.4. The molecular formula is C50H65F5N8O7. The number of hydrogen-bond acceptors (Lipinski definition) is 11. The molecular weight excluding hydrogens is 920 g/mol. The topological polar surface area (TPSA) is 190 Å². The average Bonchev–Trinajstić information content (AvgIpc) is 4.10. The van der Waals surface area contributed by atoms with Crippen molar-refractivity contribution in [1.29, 1.82) is 0 Å². The molecule has 6 N–H and O–H groups in total. The number of aliphatic hydroxyl groups is 2. The van der Waals surface area contributed by atoms with Gasteiger partial charge in [-0.2, -0.15) is 0 Å². The van der Waals surface area contributed by atoms with Gasteiger partial charge in [-0.05, 0) is 71.9 Å². The van der Waals surface area contributed by atoms with Crippen LogP contribution in [0.25, 0.3) is 34.2 Å². The number of rotatable bonds is 15. The quantitative estimate of drug-likeness (QED) is 0.0496. The summed E-state index contributed by atoms with van der Waals surface area (Å²) >= 11 is 0. The van der Waals surface area contributed by atoms with Crippen LogP contribution in [0.5, 0.6) is 5.75 Å². The molecule has 3 aliphatic rings. The van der Waals surface area contributed by atoms with Crippen LogP contribution < -0.4 is 15.4 Å². The van der Waals surface area contributed by atoms with Gasteiger partial charge in [0.15, 0.2) is 0 Å². The number of aromatic amines is 2. The fourth-order valence-corrected chi connectivity index (χ4v) is 9.92. The summed E-state index contributed by atoms with van der Waals surface area (Å²) < 4.78 is 93.3. The maximum Gasteiger partial charge on any atom is 0.407 e. The Balaban J connectivity index is 1.20. The van der Waals surface area contributed by atoms with Crippen molar-refractivity contribution in [3.05, 3.63) is 76.9 Å². The van der Waals surface area contributed by atoms with E-state index in [0.29, 0.717) is 29.0 Å². The van der Waals surface area contributed by atoms with Gasteiger partial charge in [0.2, 0.25) is 12.3 Å². The van der Waals surface area contributed by atoms with E-state index < -0.39 is 92.4 Å². The normalized spacial score (nSPS) is 23.6. The third kappa shape index (κ3) is 11.2. The number of alkyl halides is 4. The Morgan fingerprint density at radius 3 is 2.19 bits per heavy atom. The number of halogens is 5. The van der Waals surface area contributed by atoms with Crippen LogP contribution in [0.4, 0.5) is 26.7 Å². The molecule has 0 spiro atoms. The number of ether oxygens (including phenoxy) is 3. The summed E-state index contributed by atoms with van der Waals surface area (Å²) in [7, 11) is 2.41. The van der Waals surface area contributed by atoms with Crippen LogP contribution in [0.15, 0.2) is 42.7 Å². The lowest BCUT2D eigenvalue weighted by molar-refractivity contribution is -0.146. The maximum absolute atomic E-state index is 16.6. The number of likely N-dealkylation sites (tertiary alicyclic amines) is 2. The molecule has 4 aromatic rings. The summed E-state index contributed by atoms with van der Waals surface area (Å²) in [6, 6.07) is 4.52. The van der Waals surface area contributed by atoms with Gasteiger partial charge in [-0.25, -0.2) is 36.7 Å². The van der Waals surface area contributed by atoms with Crippen LogP contribution in [0.3, 0.4) is 0 Å². The molecule has 382 valence electrons. The van der Waals surface area contributed by atoms with E-state index in [1.165, 1.54) is 30.5 Å². The Morgan fingerprint density at radius 1 is 0.900 bits per heavy atom. The van der Waals surface area contributed by atoms with E-state index in [2.05, 4.69) is 37.5 Å². The van der Waals surface area contributed by atoms with E-state index in [1.807, 2.05) is 45.0 Å². The largest absolute Gasteiger partial charge is 0.489 e. The lowest BCUT2D eigenvalue weighted by Crippen LogP contribution is -2.54. The van der Waals surface area contributed by atoms with Gasteiger partial charge in [0.25, 0.3) is 11.8 Å². The number of aryl methyl sites for hydroxylation is 1. The van der Waals surface area contributed by atoms with Crippen molar-refractivity contribution in [1.82, 2.24) is 40.4 Å². The molecule has 15 nitrogen and oxygen atoms in total. The van der Waals surface area contributed by atoms with Gasteiger partial charge in [-0.1, -0.05) is 66.7 Å². The van der Waals surface area contributed by atoms with Gasteiger partial charge in [0.1, 0.15) is 35.5 Å². The molecule has 0 radical (unpaired) electrons. The molecule has 7 rings (SSSR count). The first-order chi connectivity index (χ1) is 32.9. The van der Waals surface area contributed by atoms with E-state index in [-0.39, 0.29) is 52.7 Å². The number of methoxy groups -OCH3 is 2. The number of imidazole rings is 2. The summed E-state index contributed by atoms with van der Waals surface area (Å²) in [5, 5.41) is 26.7. The number of alkyl carbamates (subject to hydrolysis) is 1. The lowest BCUT2D eigenvalue weighted by atomic mass is 9.87. The third-order valence-corrected chi connectivity index (χ3v) is 13.7. The van der Waals surface area contributed by atoms with Crippen LogP contribution in [-0.2, 0) is 14.3 Å². The summed E-state index contributed by atoms with van der Waals surface area (Å²) in [4.78, 5) is 43.3. The smallest absolute Gasteiger partial charge is 0.407 e. The molecule has 5 heterocycles. The van der Waals surface area contributed by atoms with Crippen molar-refractivity contribution in [2.24, 2.45) is 23.7 Å². The van der Waals surface area contributed by atoms with Crippen molar-refractivity contribution in [2.45, 2.75) is 129 Å². The van der Waals surface area contributed by atoms with Gasteiger partial charge < -0.3 is 44.6 Å². The summed E-state index contributed by atoms with van der Waals surface area (Å²) in [6.45, 7) is 13.4. The molecule has 2 fully saturated rings. The number of H-pyrrole nitrogens is 2. The predicted octanol–water partition coefficient (Wildman–Crippen LogP) is 8.42. The van der Waals surface area contributed by atoms with Gasteiger partial charge in [-0.3, -0.25) is 15.0 Å². The molecule has 2 amide bonds.